The van der Waals surface area contributed by atoms with Crippen LogP contribution in [0.5, 0.6) is 0 Å². The molecule has 0 radical (unpaired) electrons. The van der Waals surface area contributed by atoms with Gasteiger partial charge in [-0.25, -0.2) is 0 Å². The molecule has 0 aliphatic carbocycles. The fourth-order valence-corrected chi connectivity index (χ4v) is 1.94. The Morgan fingerprint density at radius 2 is 1.84 bits per heavy atom. The van der Waals surface area contributed by atoms with Crippen LogP contribution >= 0.6 is 11.6 Å². The zero-order valence-electron chi connectivity index (χ0n) is 10.3. The van der Waals surface area contributed by atoms with Gasteiger partial charge in [0.15, 0.2) is 0 Å². The van der Waals surface area contributed by atoms with Gasteiger partial charge in [0, 0.05) is 17.1 Å². The van der Waals surface area contributed by atoms with E-state index in [-0.39, 0.29) is 12.5 Å². The lowest BCUT2D eigenvalue weighted by atomic mass is 10.1. The van der Waals surface area contributed by atoms with Crippen molar-refractivity contribution in [1.29, 1.82) is 0 Å². The molecule has 2 rings (SSSR count). The summed E-state index contributed by atoms with van der Waals surface area (Å²) in [7, 11) is 0. The zero-order chi connectivity index (χ0) is 13.7. The minimum atomic E-state index is -0.170. The van der Waals surface area contributed by atoms with Crippen LogP contribution in [0.2, 0.25) is 5.02 Å². The summed E-state index contributed by atoms with van der Waals surface area (Å²) in [6, 6.07) is 14.3. The fourth-order valence-electron chi connectivity index (χ4n) is 1.75. The van der Waals surface area contributed by atoms with Crippen molar-refractivity contribution in [3.63, 3.8) is 0 Å². The normalized spacial score (nSPS) is 10.2. The summed E-state index contributed by atoms with van der Waals surface area (Å²) in [5.74, 6) is -0.170. The predicted octanol–water partition coefficient (Wildman–Crippen LogP) is 2.76. The Labute approximate surface area is 116 Å². The maximum absolute atomic E-state index is 11.9. The Hall–Kier alpha value is -1.84. The molecular formula is C15H14ClNO2. The molecule has 98 valence electrons. The highest BCUT2D eigenvalue weighted by atomic mass is 35.5. The summed E-state index contributed by atoms with van der Waals surface area (Å²) in [4.78, 5) is 11.9. The van der Waals surface area contributed by atoms with Gasteiger partial charge < -0.3 is 10.4 Å². The van der Waals surface area contributed by atoms with Crippen molar-refractivity contribution in [2.75, 3.05) is 0 Å². The van der Waals surface area contributed by atoms with Gasteiger partial charge in [-0.1, -0.05) is 41.9 Å². The van der Waals surface area contributed by atoms with Gasteiger partial charge in [-0.3, -0.25) is 4.79 Å². The van der Waals surface area contributed by atoms with E-state index in [0.29, 0.717) is 17.1 Å². The first kappa shape index (κ1) is 13.6. The third-order valence-electron chi connectivity index (χ3n) is 2.71. The second-order valence-electron chi connectivity index (χ2n) is 4.17. The Morgan fingerprint density at radius 3 is 2.58 bits per heavy atom. The monoisotopic (exact) mass is 275 g/mol. The average Bonchev–Trinajstić information content (AvgIpc) is 2.45. The van der Waals surface area contributed by atoms with Crippen molar-refractivity contribution in [3.05, 3.63) is 70.2 Å². The molecule has 3 nitrogen and oxygen atoms in total. The molecule has 0 aromatic heterocycles. The fraction of sp³-hybridized carbons (Fsp3) is 0.133. The SMILES string of the molecule is O=C(NCc1cccc(CO)c1)c1cccc(Cl)c1. The van der Waals surface area contributed by atoms with Crippen LogP contribution in [0.15, 0.2) is 48.5 Å². The van der Waals surface area contributed by atoms with Crippen LogP contribution in [0.3, 0.4) is 0 Å². The topological polar surface area (TPSA) is 49.3 Å². The molecule has 2 aromatic rings. The van der Waals surface area contributed by atoms with Gasteiger partial charge in [0.05, 0.1) is 6.61 Å². The molecule has 0 aliphatic heterocycles. The van der Waals surface area contributed by atoms with E-state index in [9.17, 15) is 4.79 Å². The van der Waals surface area contributed by atoms with Gasteiger partial charge in [0.2, 0.25) is 0 Å². The Balaban J connectivity index is 2.00. The largest absolute Gasteiger partial charge is 0.392 e. The summed E-state index contributed by atoms with van der Waals surface area (Å²) in [5, 5.41) is 12.4. The Morgan fingerprint density at radius 1 is 1.11 bits per heavy atom. The van der Waals surface area contributed by atoms with Crippen molar-refractivity contribution in [2.45, 2.75) is 13.2 Å². The van der Waals surface area contributed by atoms with E-state index in [2.05, 4.69) is 5.32 Å². The van der Waals surface area contributed by atoms with Crippen molar-refractivity contribution in [2.24, 2.45) is 0 Å². The molecule has 0 saturated carbocycles. The lowest BCUT2D eigenvalue weighted by Crippen LogP contribution is -2.22. The van der Waals surface area contributed by atoms with Crippen LogP contribution in [0.4, 0.5) is 0 Å². The van der Waals surface area contributed by atoms with Crippen LogP contribution in [-0.4, -0.2) is 11.0 Å². The smallest absolute Gasteiger partial charge is 0.251 e. The zero-order valence-corrected chi connectivity index (χ0v) is 11.0. The molecule has 0 fully saturated rings. The maximum Gasteiger partial charge on any atom is 0.251 e. The number of nitrogens with one attached hydrogen (secondary N) is 1. The lowest BCUT2D eigenvalue weighted by molar-refractivity contribution is 0.0951. The van der Waals surface area contributed by atoms with Crippen molar-refractivity contribution >= 4 is 17.5 Å². The van der Waals surface area contributed by atoms with Crippen molar-refractivity contribution < 1.29 is 9.90 Å². The van der Waals surface area contributed by atoms with E-state index >= 15 is 0 Å². The molecule has 19 heavy (non-hydrogen) atoms. The number of hydrogen-bond donors (Lipinski definition) is 2. The second kappa shape index (κ2) is 6.36. The average molecular weight is 276 g/mol. The highest BCUT2D eigenvalue weighted by Gasteiger charge is 2.05. The highest BCUT2D eigenvalue weighted by Crippen LogP contribution is 2.11. The number of aliphatic hydroxyl groups excluding tert-OH is 1. The van der Waals surface area contributed by atoms with Crippen LogP contribution < -0.4 is 5.32 Å². The second-order valence-corrected chi connectivity index (χ2v) is 4.61. The highest BCUT2D eigenvalue weighted by molar-refractivity contribution is 6.30. The molecule has 0 unspecified atom stereocenters. The first-order chi connectivity index (χ1) is 9.19. The van der Waals surface area contributed by atoms with E-state index in [0.717, 1.165) is 11.1 Å². The van der Waals surface area contributed by atoms with E-state index in [1.54, 1.807) is 24.3 Å². The minimum absolute atomic E-state index is 0.00389. The van der Waals surface area contributed by atoms with Gasteiger partial charge in [-0.15, -0.1) is 0 Å². The summed E-state index contributed by atoms with van der Waals surface area (Å²) < 4.78 is 0. The van der Waals surface area contributed by atoms with Gasteiger partial charge in [0.1, 0.15) is 0 Å². The van der Waals surface area contributed by atoms with Gasteiger partial charge in [-0.05, 0) is 29.3 Å². The molecule has 0 heterocycles. The Bertz CT molecular complexity index is 584. The van der Waals surface area contributed by atoms with Gasteiger partial charge >= 0.3 is 0 Å². The molecule has 0 aliphatic rings. The van der Waals surface area contributed by atoms with E-state index in [4.69, 9.17) is 16.7 Å². The molecule has 2 aromatic carbocycles. The van der Waals surface area contributed by atoms with Crippen molar-refractivity contribution in [3.8, 4) is 0 Å². The van der Waals surface area contributed by atoms with Gasteiger partial charge in [-0.2, -0.15) is 0 Å². The van der Waals surface area contributed by atoms with Crippen LogP contribution in [0, 0.1) is 0 Å². The number of benzene rings is 2. The molecular weight excluding hydrogens is 262 g/mol. The van der Waals surface area contributed by atoms with E-state index < -0.39 is 0 Å². The van der Waals surface area contributed by atoms with Crippen molar-refractivity contribution in [1.82, 2.24) is 5.32 Å². The molecule has 0 saturated heterocycles. The third kappa shape index (κ3) is 3.81. The quantitative estimate of drug-likeness (QED) is 0.901. The summed E-state index contributed by atoms with van der Waals surface area (Å²) >= 11 is 5.84. The molecule has 4 heteroatoms. The first-order valence-electron chi connectivity index (χ1n) is 5.91. The maximum atomic E-state index is 11.9. The molecule has 1 amide bonds. The van der Waals surface area contributed by atoms with Gasteiger partial charge in [0.25, 0.3) is 5.91 Å². The molecule has 0 atom stereocenters. The minimum Gasteiger partial charge on any atom is -0.392 e. The number of amides is 1. The summed E-state index contributed by atoms with van der Waals surface area (Å²) in [6.07, 6.45) is 0. The number of carbonyl (C=O) groups excluding carboxylic acids is 1. The number of rotatable bonds is 4. The van der Waals surface area contributed by atoms with Crippen LogP contribution in [0.25, 0.3) is 0 Å². The molecule has 0 bridgehead atoms. The standard InChI is InChI=1S/C15H14ClNO2/c16-14-6-2-5-13(8-14)15(19)17-9-11-3-1-4-12(7-11)10-18/h1-8,18H,9-10H2,(H,17,19). The first-order valence-corrected chi connectivity index (χ1v) is 6.29. The van der Waals surface area contributed by atoms with Crippen LogP contribution in [-0.2, 0) is 13.2 Å². The lowest BCUT2D eigenvalue weighted by Gasteiger charge is -2.07. The summed E-state index contributed by atoms with van der Waals surface area (Å²) in [6.45, 7) is 0.412. The third-order valence-corrected chi connectivity index (χ3v) is 2.95. The predicted molar refractivity (Wildman–Crippen MR) is 75.0 cm³/mol. The molecule has 2 N–H and O–H groups in total. The number of carbonyl (C=O) groups is 1. The number of halogens is 1. The summed E-state index contributed by atoms with van der Waals surface area (Å²) in [5.41, 5.74) is 2.31. The number of aliphatic hydroxyl groups is 1. The van der Waals surface area contributed by atoms with E-state index in [1.165, 1.54) is 0 Å². The van der Waals surface area contributed by atoms with E-state index in [1.807, 2.05) is 24.3 Å². The molecule has 0 spiro atoms. The van der Waals surface area contributed by atoms with Crippen LogP contribution in [0.1, 0.15) is 21.5 Å². The number of hydrogen-bond acceptors (Lipinski definition) is 2. The Kier molecular flexibility index (Phi) is 4.55.